The van der Waals surface area contributed by atoms with Gasteiger partial charge in [0.15, 0.2) is 5.43 Å². The molecule has 4 heterocycles. The average molecular weight is 421 g/mol. The van der Waals surface area contributed by atoms with Gasteiger partial charge in [0.05, 0.1) is 23.3 Å². The van der Waals surface area contributed by atoms with E-state index in [1.165, 1.54) is 0 Å². The highest BCUT2D eigenvalue weighted by Gasteiger charge is 2.42. The van der Waals surface area contributed by atoms with Gasteiger partial charge in [-0.15, -0.1) is 0 Å². The number of pyridine rings is 1. The summed E-state index contributed by atoms with van der Waals surface area (Å²) in [4.78, 5) is 36.5. The Labute approximate surface area is 176 Å². The largest absolute Gasteiger partial charge is 0.450 e. The first-order chi connectivity index (χ1) is 14.6. The summed E-state index contributed by atoms with van der Waals surface area (Å²) in [5.41, 5.74) is 1.21. The molecule has 1 amide bonds. The topological polar surface area (TPSA) is 81.2 Å². The molecular weight excluding hydrogens is 404 g/mol. The van der Waals surface area contributed by atoms with E-state index in [9.17, 15) is 9.59 Å². The molecule has 5 rings (SSSR count). The van der Waals surface area contributed by atoms with Gasteiger partial charge in [-0.25, -0.2) is 4.98 Å². The Morgan fingerprint density at radius 2 is 2.00 bits per heavy atom. The highest BCUT2D eigenvalue weighted by atomic mass is 35.5. The highest BCUT2D eigenvalue weighted by Crippen LogP contribution is 2.38. The third-order valence-corrected chi connectivity index (χ3v) is 5.54. The first-order valence-corrected chi connectivity index (χ1v) is 9.94. The monoisotopic (exact) mass is 420 g/mol. The summed E-state index contributed by atoms with van der Waals surface area (Å²) in [6.07, 6.45) is 9.37. The second-order valence-electron chi connectivity index (χ2n) is 7.16. The number of imidazole rings is 1. The van der Waals surface area contributed by atoms with Crippen molar-refractivity contribution >= 4 is 28.5 Å². The standard InChI is InChI=1S/C22H17ClN4O3/c23-15-4-5-17-16(11-15)20(28)18-19(14-3-1-6-24-12-14)27(22(29)21(18)30-17)9-2-8-26-10-7-25-13-26/h1,3-7,10-13,19H,2,8-9H2. The van der Waals surface area contributed by atoms with Crippen LogP contribution in [0.3, 0.4) is 0 Å². The van der Waals surface area contributed by atoms with Gasteiger partial charge in [0.1, 0.15) is 5.58 Å². The van der Waals surface area contributed by atoms with E-state index in [2.05, 4.69) is 9.97 Å². The van der Waals surface area contributed by atoms with Crippen molar-refractivity contribution in [3.8, 4) is 0 Å². The number of rotatable bonds is 5. The van der Waals surface area contributed by atoms with Gasteiger partial charge in [-0.05, 0) is 36.2 Å². The van der Waals surface area contributed by atoms with Crippen molar-refractivity contribution in [2.75, 3.05) is 6.54 Å². The molecule has 1 unspecified atom stereocenters. The molecule has 1 aliphatic rings. The molecule has 0 aliphatic carbocycles. The maximum atomic E-state index is 13.4. The zero-order valence-corrected chi connectivity index (χ0v) is 16.6. The van der Waals surface area contributed by atoms with Crippen LogP contribution in [0.2, 0.25) is 5.02 Å². The lowest BCUT2D eigenvalue weighted by atomic mass is 10.00. The molecule has 150 valence electrons. The maximum absolute atomic E-state index is 13.4. The lowest BCUT2D eigenvalue weighted by Crippen LogP contribution is -2.31. The van der Waals surface area contributed by atoms with Crippen LogP contribution in [0.1, 0.15) is 34.1 Å². The molecule has 1 aromatic carbocycles. The lowest BCUT2D eigenvalue weighted by Gasteiger charge is -2.24. The van der Waals surface area contributed by atoms with Gasteiger partial charge in [-0.1, -0.05) is 17.7 Å². The van der Waals surface area contributed by atoms with Crippen molar-refractivity contribution in [1.82, 2.24) is 19.4 Å². The molecule has 0 fully saturated rings. The van der Waals surface area contributed by atoms with Crippen LogP contribution >= 0.6 is 11.6 Å². The lowest BCUT2D eigenvalue weighted by molar-refractivity contribution is 0.0723. The fourth-order valence-electron chi connectivity index (χ4n) is 3.95. The normalized spacial score (nSPS) is 15.7. The van der Waals surface area contributed by atoms with Crippen LogP contribution in [0, 0.1) is 0 Å². The predicted octanol–water partition coefficient (Wildman–Crippen LogP) is 3.67. The molecule has 4 aromatic rings. The summed E-state index contributed by atoms with van der Waals surface area (Å²) in [6.45, 7) is 1.16. The molecule has 7 nitrogen and oxygen atoms in total. The van der Waals surface area contributed by atoms with Gasteiger partial charge in [-0.3, -0.25) is 14.6 Å². The van der Waals surface area contributed by atoms with Gasteiger partial charge in [0, 0.05) is 42.9 Å². The number of hydrogen-bond acceptors (Lipinski definition) is 5. The molecule has 1 aliphatic heterocycles. The summed E-state index contributed by atoms with van der Waals surface area (Å²) < 4.78 is 7.85. The Balaban J connectivity index is 1.60. The molecule has 3 aromatic heterocycles. The van der Waals surface area contributed by atoms with Crippen molar-refractivity contribution in [3.05, 3.63) is 93.6 Å². The van der Waals surface area contributed by atoms with Crippen LogP contribution in [0.4, 0.5) is 0 Å². The minimum absolute atomic E-state index is 0.0892. The Morgan fingerprint density at radius 1 is 1.10 bits per heavy atom. The second-order valence-corrected chi connectivity index (χ2v) is 7.59. The molecule has 0 saturated heterocycles. The zero-order chi connectivity index (χ0) is 20.7. The van der Waals surface area contributed by atoms with Gasteiger partial charge in [0.25, 0.3) is 5.91 Å². The fraction of sp³-hybridized carbons (Fsp3) is 0.182. The summed E-state index contributed by atoms with van der Waals surface area (Å²) in [5.74, 6) is -0.204. The first kappa shape index (κ1) is 18.6. The highest BCUT2D eigenvalue weighted by molar-refractivity contribution is 6.31. The molecule has 0 radical (unpaired) electrons. The minimum atomic E-state index is -0.552. The van der Waals surface area contributed by atoms with E-state index in [0.29, 0.717) is 41.1 Å². The maximum Gasteiger partial charge on any atom is 0.290 e. The Kier molecular flexibility index (Phi) is 4.59. The Hall–Kier alpha value is -3.45. The summed E-state index contributed by atoms with van der Waals surface area (Å²) in [5, 5.41) is 0.803. The van der Waals surface area contributed by atoms with Gasteiger partial charge < -0.3 is 13.9 Å². The fourth-order valence-corrected chi connectivity index (χ4v) is 4.12. The van der Waals surface area contributed by atoms with E-state index in [-0.39, 0.29) is 17.1 Å². The summed E-state index contributed by atoms with van der Waals surface area (Å²) in [6, 6.07) is 7.94. The zero-order valence-electron chi connectivity index (χ0n) is 15.9. The molecule has 0 bridgehead atoms. The van der Waals surface area contributed by atoms with Gasteiger partial charge >= 0.3 is 0 Å². The molecule has 1 atom stereocenters. The molecule has 0 N–H and O–H groups in total. The van der Waals surface area contributed by atoms with Crippen molar-refractivity contribution in [2.45, 2.75) is 19.0 Å². The number of aromatic nitrogens is 3. The molecule has 0 saturated carbocycles. The number of amides is 1. The van der Waals surface area contributed by atoms with Crippen LogP contribution in [-0.2, 0) is 6.54 Å². The van der Waals surface area contributed by atoms with Crippen LogP contribution in [0.15, 0.2) is 70.7 Å². The smallest absolute Gasteiger partial charge is 0.290 e. The predicted molar refractivity (Wildman–Crippen MR) is 111 cm³/mol. The number of aryl methyl sites for hydroxylation is 1. The van der Waals surface area contributed by atoms with E-state index < -0.39 is 6.04 Å². The quantitative estimate of drug-likeness (QED) is 0.492. The Bertz CT molecular complexity index is 1290. The van der Waals surface area contributed by atoms with Crippen molar-refractivity contribution in [1.29, 1.82) is 0 Å². The van der Waals surface area contributed by atoms with E-state index in [4.69, 9.17) is 16.0 Å². The number of benzene rings is 1. The summed E-state index contributed by atoms with van der Waals surface area (Å²) in [7, 11) is 0. The number of hydrogen-bond donors (Lipinski definition) is 0. The van der Waals surface area contributed by atoms with Gasteiger partial charge in [0.2, 0.25) is 5.76 Å². The third-order valence-electron chi connectivity index (χ3n) is 5.30. The van der Waals surface area contributed by atoms with Crippen LogP contribution in [0.5, 0.6) is 0 Å². The number of halogens is 1. The molecule has 8 heteroatoms. The van der Waals surface area contributed by atoms with E-state index >= 15 is 0 Å². The number of nitrogens with zero attached hydrogens (tertiary/aromatic N) is 4. The Morgan fingerprint density at radius 3 is 2.77 bits per heavy atom. The first-order valence-electron chi connectivity index (χ1n) is 9.56. The van der Waals surface area contributed by atoms with Crippen molar-refractivity contribution in [2.24, 2.45) is 0 Å². The number of fused-ring (bicyclic) bond motifs is 2. The van der Waals surface area contributed by atoms with Crippen LogP contribution in [0.25, 0.3) is 11.0 Å². The SMILES string of the molecule is O=C1c2oc3ccc(Cl)cc3c(=O)c2C(c2cccnc2)N1CCCn1ccnc1. The van der Waals surface area contributed by atoms with Crippen molar-refractivity contribution < 1.29 is 9.21 Å². The number of carbonyl (C=O) groups is 1. The second kappa shape index (κ2) is 7.42. The van der Waals surface area contributed by atoms with E-state index in [1.807, 2.05) is 16.8 Å². The molecule has 30 heavy (non-hydrogen) atoms. The van der Waals surface area contributed by atoms with Crippen molar-refractivity contribution in [3.63, 3.8) is 0 Å². The number of carbonyl (C=O) groups excluding carboxylic acids is 1. The third kappa shape index (κ3) is 3.07. The van der Waals surface area contributed by atoms with Crippen LogP contribution < -0.4 is 5.43 Å². The summed E-state index contributed by atoms with van der Waals surface area (Å²) >= 11 is 6.09. The van der Waals surface area contributed by atoms with Crippen LogP contribution in [-0.4, -0.2) is 31.9 Å². The minimum Gasteiger partial charge on any atom is -0.450 e. The molecular formula is C22H17ClN4O3. The average Bonchev–Trinajstić information content (AvgIpc) is 3.37. The van der Waals surface area contributed by atoms with E-state index in [0.717, 1.165) is 5.56 Å². The van der Waals surface area contributed by atoms with E-state index in [1.54, 1.807) is 54.1 Å². The van der Waals surface area contributed by atoms with Gasteiger partial charge in [-0.2, -0.15) is 0 Å². The molecule has 0 spiro atoms.